The van der Waals surface area contributed by atoms with Crippen LogP contribution in [0.5, 0.6) is 0 Å². The Balaban J connectivity index is 1.16. The first-order chi connectivity index (χ1) is 26.8. The maximum atomic E-state index is 4.32. The number of allylic oxidation sites excluding steroid dienone is 5. The van der Waals surface area contributed by atoms with Crippen LogP contribution in [0.4, 0.5) is 17.1 Å². The smallest absolute Gasteiger partial charge is 0.0541 e. The van der Waals surface area contributed by atoms with Gasteiger partial charge in [0.15, 0.2) is 0 Å². The van der Waals surface area contributed by atoms with Crippen molar-refractivity contribution in [1.29, 1.82) is 0 Å². The second-order valence-electron chi connectivity index (χ2n) is 15.1. The lowest BCUT2D eigenvalue weighted by molar-refractivity contribution is 0.660. The van der Waals surface area contributed by atoms with E-state index in [0.29, 0.717) is 0 Å². The Bertz CT molecular complexity index is 2810. The summed E-state index contributed by atoms with van der Waals surface area (Å²) in [6, 6.07) is 60.0. The van der Waals surface area contributed by atoms with Gasteiger partial charge in [0.1, 0.15) is 0 Å². The largest absolute Gasteiger partial charge is 0.310 e. The monoisotopic (exact) mass is 708 g/mol. The number of hydrogen-bond acceptors (Lipinski definition) is 1. The molecule has 0 aliphatic heterocycles. The van der Waals surface area contributed by atoms with Crippen molar-refractivity contribution in [2.45, 2.75) is 33.1 Å². The fourth-order valence-electron chi connectivity index (χ4n) is 8.58. The molecule has 266 valence electrons. The summed E-state index contributed by atoms with van der Waals surface area (Å²) in [5, 5.41) is 2.51. The molecule has 1 aliphatic carbocycles. The number of hydrogen-bond donors (Lipinski definition) is 0. The predicted octanol–water partition coefficient (Wildman–Crippen LogP) is 14.8. The van der Waals surface area contributed by atoms with Crippen LogP contribution in [0.1, 0.15) is 44.4 Å². The van der Waals surface area contributed by atoms with E-state index in [1.54, 1.807) is 0 Å². The highest BCUT2D eigenvalue weighted by Crippen LogP contribution is 2.51. The fourth-order valence-corrected chi connectivity index (χ4v) is 8.58. The summed E-state index contributed by atoms with van der Waals surface area (Å²) in [7, 11) is 0. The highest BCUT2D eigenvalue weighted by Gasteiger charge is 2.35. The first-order valence-electron chi connectivity index (χ1n) is 19.2. The Morgan fingerprint density at radius 2 is 1.25 bits per heavy atom. The summed E-state index contributed by atoms with van der Waals surface area (Å²) < 4.78 is 2.37. The molecule has 0 spiro atoms. The van der Waals surface area contributed by atoms with E-state index in [1.807, 2.05) is 6.92 Å². The second-order valence-corrected chi connectivity index (χ2v) is 15.1. The average Bonchev–Trinajstić information content (AvgIpc) is 3.67. The van der Waals surface area contributed by atoms with Crippen LogP contribution in [-0.2, 0) is 5.41 Å². The topological polar surface area (TPSA) is 8.17 Å². The van der Waals surface area contributed by atoms with E-state index in [2.05, 4.69) is 219 Å². The van der Waals surface area contributed by atoms with Gasteiger partial charge < -0.3 is 9.47 Å². The minimum atomic E-state index is -0.107. The van der Waals surface area contributed by atoms with Gasteiger partial charge in [-0.05, 0) is 125 Å². The normalized spacial score (nSPS) is 13.3. The molecule has 7 aromatic carbocycles. The number of fused-ring (bicyclic) bond motifs is 6. The third-order valence-electron chi connectivity index (χ3n) is 11.3. The summed E-state index contributed by atoms with van der Waals surface area (Å²) in [6.45, 7) is 13.1. The molecular formula is C53H44N2. The molecule has 0 N–H and O–H groups in total. The van der Waals surface area contributed by atoms with Crippen molar-refractivity contribution < 1.29 is 0 Å². The quantitative estimate of drug-likeness (QED) is 0.143. The summed E-state index contributed by atoms with van der Waals surface area (Å²) in [5.41, 5.74) is 17.9. The first-order valence-corrected chi connectivity index (χ1v) is 19.2. The molecule has 0 saturated carbocycles. The van der Waals surface area contributed by atoms with Crippen LogP contribution in [0.3, 0.4) is 0 Å². The lowest BCUT2D eigenvalue weighted by Crippen LogP contribution is -2.16. The molecule has 0 amide bonds. The van der Waals surface area contributed by atoms with E-state index < -0.39 is 0 Å². The van der Waals surface area contributed by atoms with Crippen molar-refractivity contribution in [2.24, 2.45) is 0 Å². The van der Waals surface area contributed by atoms with Crippen LogP contribution < -0.4 is 4.90 Å². The van der Waals surface area contributed by atoms with Gasteiger partial charge in [-0.3, -0.25) is 0 Å². The van der Waals surface area contributed by atoms with Gasteiger partial charge in [-0.15, -0.1) is 0 Å². The van der Waals surface area contributed by atoms with Gasteiger partial charge in [0.05, 0.1) is 11.0 Å². The van der Waals surface area contributed by atoms with Crippen molar-refractivity contribution in [2.75, 3.05) is 4.90 Å². The molecule has 0 saturated heterocycles. The van der Waals surface area contributed by atoms with Crippen LogP contribution in [-0.4, -0.2) is 4.57 Å². The molecule has 1 heterocycles. The van der Waals surface area contributed by atoms with Crippen molar-refractivity contribution in [1.82, 2.24) is 4.57 Å². The number of anilines is 3. The van der Waals surface area contributed by atoms with E-state index in [0.717, 1.165) is 33.8 Å². The van der Waals surface area contributed by atoms with Crippen molar-refractivity contribution in [3.8, 4) is 27.9 Å². The van der Waals surface area contributed by atoms with Crippen molar-refractivity contribution in [3.63, 3.8) is 0 Å². The number of nitrogens with zero attached hydrogens (tertiary/aromatic N) is 2. The molecule has 9 rings (SSSR count). The zero-order valence-corrected chi connectivity index (χ0v) is 31.9. The van der Waals surface area contributed by atoms with Gasteiger partial charge in [-0.1, -0.05) is 141 Å². The van der Waals surface area contributed by atoms with Crippen molar-refractivity contribution in [3.05, 3.63) is 211 Å². The molecule has 2 heteroatoms. The Morgan fingerprint density at radius 3 is 2.05 bits per heavy atom. The molecule has 8 aromatic rings. The SMILES string of the molecule is C=C(C)/C(=C\C=C/C)c1cccc(N(c2ccc(-c3ccc4c(c3)c3ccccc3n4-c3ccccc3)cc2)c2ccc3c(c2)C(C)(C)c2ccccc2-3)c1. The van der Waals surface area contributed by atoms with Gasteiger partial charge >= 0.3 is 0 Å². The molecule has 0 fully saturated rings. The molecule has 0 atom stereocenters. The minimum Gasteiger partial charge on any atom is -0.310 e. The van der Waals surface area contributed by atoms with E-state index in [9.17, 15) is 0 Å². The Hall–Kier alpha value is -6.64. The summed E-state index contributed by atoms with van der Waals surface area (Å²) in [6.07, 6.45) is 6.30. The lowest BCUT2D eigenvalue weighted by Gasteiger charge is -2.28. The molecule has 0 bridgehead atoms. The zero-order chi connectivity index (χ0) is 37.7. The van der Waals surface area contributed by atoms with Crippen LogP contribution in [0.25, 0.3) is 55.3 Å². The van der Waals surface area contributed by atoms with Gasteiger partial charge in [-0.25, -0.2) is 0 Å². The minimum absolute atomic E-state index is 0.107. The highest BCUT2D eigenvalue weighted by molar-refractivity contribution is 6.10. The predicted molar refractivity (Wildman–Crippen MR) is 236 cm³/mol. The van der Waals surface area contributed by atoms with E-state index in [1.165, 1.54) is 60.9 Å². The fraction of sp³-hybridized carbons (Fsp3) is 0.0943. The van der Waals surface area contributed by atoms with Crippen molar-refractivity contribution >= 4 is 44.4 Å². The maximum Gasteiger partial charge on any atom is 0.0541 e. The van der Waals surface area contributed by atoms with Gasteiger partial charge in [0, 0.05) is 38.9 Å². The highest BCUT2D eigenvalue weighted by atomic mass is 15.1. The van der Waals surface area contributed by atoms with Crippen LogP contribution in [0, 0.1) is 0 Å². The number of aromatic nitrogens is 1. The molecule has 0 unspecified atom stereocenters. The zero-order valence-electron chi connectivity index (χ0n) is 31.9. The standard InChI is InChI=1S/C53H44N2/c1-6-7-20-44(36(2)3)39-16-15-19-42(33-39)54(43-30-31-46-45-21-11-13-23-49(45)53(4,5)50(46)35-43)41-28-25-37(26-29-41)38-27-32-52-48(34-38)47-22-12-14-24-51(47)55(52)40-17-9-8-10-18-40/h6-35H,2H2,1,3-5H3/b7-6-,44-20+. The van der Waals surface area contributed by atoms with Gasteiger partial charge in [0.2, 0.25) is 0 Å². The molecule has 1 aliphatic rings. The maximum absolute atomic E-state index is 4.32. The summed E-state index contributed by atoms with van der Waals surface area (Å²) in [4.78, 5) is 2.40. The summed E-state index contributed by atoms with van der Waals surface area (Å²) >= 11 is 0. The van der Waals surface area contributed by atoms with E-state index in [-0.39, 0.29) is 5.41 Å². The van der Waals surface area contributed by atoms with Crippen LogP contribution >= 0.6 is 0 Å². The summed E-state index contributed by atoms with van der Waals surface area (Å²) in [5.74, 6) is 0. The number of para-hydroxylation sites is 2. The van der Waals surface area contributed by atoms with E-state index in [4.69, 9.17) is 0 Å². The third kappa shape index (κ3) is 5.82. The number of rotatable bonds is 8. The lowest BCUT2D eigenvalue weighted by atomic mass is 9.82. The molecule has 55 heavy (non-hydrogen) atoms. The average molecular weight is 709 g/mol. The van der Waals surface area contributed by atoms with Gasteiger partial charge in [0.25, 0.3) is 0 Å². The van der Waals surface area contributed by atoms with E-state index >= 15 is 0 Å². The molecule has 2 nitrogen and oxygen atoms in total. The number of benzene rings is 7. The molecular weight excluding hydrogens is 665 g/mol. The second kappa shape index (κ2) is 13.6. The Kier molecular flexibility index (Phi) is 8.47. The first kappa shape index (κ1) is 34.1. The Morgan fingerprint density at radius 1 is 0.582 bits per heavy atom. The van der Waals surface area contributed by atoms with Crippen LogP contribution in [0.2, 0.25) is 0 Å². The van der Waals surface area contributed by atoms with Gasteiger partial charge in [-0.2, -0.15) is 0 Å². The molecule has 0 radical (unpaired) electrons. The third-order valence-corrected chi connectivity index (χ3v) is 11.3. The molecule has 1 aromatic heterocycles. The Labute approximate surface area is 324 Å². The van der Waals surface area contributed by atoms with Crippen LogP contribution in [0.15, 0.2) is 194 Å².